The predicted molar refractivity (Wildman–Crippen MR) is 71.1 cm³/mol. The number of nitriles is 1. The van der Waals surface area contributed by atoms with Crippen LogP contribution >= 0.6 is 11.3 Å². The van der Waals surface area contributed by atoms with Crippen LogP contribution in [0, 0.1) is 22.7 Å². The molecular weight excluding hydrogens is 264 g/mol. The average Bonchev–Trinajstić information content (AvgIpc) is 2.87. The topological polar surface area (TPSA) is 91.0 Å². The SMILES string of the molecule is CC(=N)C(C#N)C(=O)COC(=O)CCc1ccsc1. The van der Waals surface area contributed by atoms with Crippen molar-refractivity contribution in [3.63, 3.8) is 0 Å². The number of ether oxygens (including phenoxy) is 1. The normalized spacial score (nSPS) is 11.4. The van der Waals surface area contributed by atoms with Crippen molar-refractivity contribution in [3.05, 3.63) is 22.4 Å². The lowest BCUT2D eigenvalue weighted by molar-refractivity contribution is -0.148. The molecular formula is C13H14N2O3S. The first kappa shape index (κ1) is 15.1. The highest BCUT2D eigenvalue weighted by molar-refractivity contribution is 7.07. The third-order valence-corrected chi connectivity index (χ3v) is 3.19. The Morgan fingerprint density at radius 1 is 1.58 bits per heavy atom. The molecule has 0 radical (unpaired) electrons. The van der Waals surface area contributed by atoms with Crippen LogP contribution in [0.4, 0.5) is 0 Å². The molecule has 0 saturated heterocycles. The van der Waals surface area contributed by atoms with Crippen LogP contribution < -0.4 is 0 Å². The Hall–Kier alpha value is -2.00. The molecule has 100 valence electrons. The van der Waals surface area contributed by atoms with Gasteiger partial charge in [0.2, 0.25) is 0 Å². The van der Waals surface area contributed by atoms with Crippen LogP contribution in [0.5, 0.6) is 0 Å². The van der Waals surface area contributed by atoms with Crippen LogP contribution in [0.2, 0.25) is 0 Å². The lowest BCUT2D eigenvalue weighted by atomic mass is 10.0. The first-order valence-corrected chi connectivity index (χ1v) is 6.63. The number of hydrogen-bond acceptors (Lipinski definition) is 6. The van der Waals surface area contributed by atoms with Gasteiger partial charge >= 0.3 is 5.97 Å². The summed E-state index contributed by atoms with van der Waals surface area (Å²) in [6.45, 7) is 0.932. The number of rotatable bonds is 7. The van der Waals surface area contributed by atoms with E-state index in [1.807, 2.05) is 16.8 Å². The van der Waals surface area contributed by atoms with E-state index in [4.69, 9.17) is 15.4 Å². The fourth-order valence-corrected chi connectivity index (χ4v) is 2.10. The molecule has 0 fully saturated rings. The van der Waals surface area contributed by atoms with Gasteiger partial charge in [0.05, 0.1) is 6.07 Å². The summed E-state index contributed by atoms with van der Waals surface area (Å²) in [6, 6.07) is 3.64. The minimum Gasteiger partial charge on any atom is -0.458 e. The molecule has 0 saturated carbocycles. The van der Waals surface area contributed by atoms with Crippen LogP contribution in [-0.2, 0) is 20.7 Å². The predicted octanol–water partition coefficient (Wildman–Crippen LogP) is 1.97. The summed E-state index contributed by atoms with van der Waals surface area (Å²) in [5.74, 6) is -2.15. The molecule has 1 aromatic heterocycles. The average molecular weight is 278 g/mol. The highest BCUT2D eigenvalue weighted by atomic mass is 32.1. The smallest absolute Gasteiger partial charge is 0.306 e. The zero-order chi connectivity index (χ0) is 14.3. The van der Waals surface area contributed by atoms with Gasteiger partial charge in [0.1, 0.15) is 5.92 Å². The van der Waals surface area contributed by atoms with Crippen LogP contribution in [0.25, 0.3) is 0 Å². The quantitative estimate of drug-likeness (QED) is 0.609. The number of nitrogens with one attached hydrogen (secondary N) is 1. The van der Waals surface area contributed by atoms with Gasteiger partial charge in [-0.2, -0.15) is 16.6 Å². The monoisotopic (exact) mass is 278 g/mol. The molecule has 0 aliphatic heterocycles. The summed E-state index contributed by atoms with van der Waals surface area (Å²) in [7, 11) is 0. The van der Waals surface area contributed by atoms with Crippen molar-refractivity contribution in [2.45, 2.75) is 19.8 Å². The van der Waals surface area contributed by atoms with E-state index in [2.05, 4.69) is 0 Å². The number of thiophene rings is 1. The Kier molecular flexibility index (Phi) is 5.90. The maximum absolute atomic E-state index is 11.5. The fourth-order valence-electron chi connectivity index (χ4n) is 1.40. The maximum atomic E-state index is 11.5. The highest BCUT2D eigenvalue weighted by Gasteiger charge is 2.21. The molecule has 1 heterocycles. The molecule has 0 spiro atoms. The number of carbonyl (C=O) groups is 2. The molecule has 0 amide bonds. The molecule has 0 aliphatic rings. The van der Waals surface area contributed by atoms with E-state index >= 15 is 0 Å². The van der Waals surface area contributed by atoms with Gasteiger partial charge in [-0.3, -0.25) is 9.59 Å². The Morgan fingerprint density at radius 2 is 2.32 bits per heavy atom. The summed E-state index contributed by atoms with van der Waals surface area (Å²) < 4.78 is 4.80. The van der Waals surface area contributed by atoms with E-state index in [0.717, 1.165) is 5.56 Å². The summed E-state index contributed by atoms with van der Waals surface area (Å²) >= 11 is 1.55. The number of nitrogens with zero attached hydrogens (tertiary/aromatic N) is 1. The molecule has 5 nitrogen and oxygen atoms in total. The number of Topliss-reactive ketones (excluding diaryl/α,β-unsaturated/α-hetero) is 1. The summed E-state index contributed by atoms with van der Waals surface area (Å²) in [5.41, 5.74) is 1.01. The van der Waals surface area contributed by atoms with Crippen LogP contribution in [-0.4, -0.2) is 24.1 Å². The van der Waals surface area contributed by atoms with Crippen LogP contribution in [0.15, 0.2) is 16.8 Å². The van der Waals surface area contributed by atoms with Gasteiger partial charge < -0.3 is 10.1 Å². The zero-order valence-corrected chi connectivity index (χ0v) is 11.3. The summed E-state index contributed by atoms with van der Waals surface area (Å²) in [6.07, 6.45) is 0.770. The van der Waals surface area contributed by atoms with E-state index in [1.54, 1.807) is 17.4 Å². The lowest BCUT2D eigenvalue weighted by Gasteiger charge is -2.07. The Bertz CT molecular complexity index is 502. The van der Waals surface area contributed by atoms with Crippen LogP contribution in [0.1, 0.15) is 18.9 Å². The van der Waals surface area contributed by atoms with E-state index in [-0.39, 0.29) is 12.1 Å². The summed E-state index contributed by atoms with van der Waals surface area (Å²) in [4.78, 5) is 22.9. The maximum Gasteiger partial charge on any atom is 0.306 e. The molecule has 1 aromatic rings. The molecule has 0 aliphatic carbocycles. The van der Waals surface area contributed by atoms with Gasteiger partial charge in [-0.25, -0.2) is 0 Å². The third-order valence-electron chi connectivity index (χ3n) is 2.46. The number of carbonyl (C=O) groups excluding carboxylic acids is 2. The molecule has 1 atom stereocenters. The van der Waals surface area contributed by atoms with E-state index < -0.39 is 24.3 Å². The van der Waals surface area contributed by atoms with Crippen molar-refractivity contribution < 1.29 is 14.3 Å². The molecule has 1 N–H and O–H groups in total. The highest BCUT2D eigenvalue weighted by Crippen LogP contribution is 2.09. The van der Waals surface area contributed by atoms with Gasteiger partial charge in [0.25, 0.3) is 0 Å². The molecule has 0 aromatic carbocycles. The third kappa shape index (κ3) is 5.02. The first-order valence-electron chi connectivity index (χ1n) is 5.68. The fraction of sp³-hybridized carbons (Fsp3) is 0.385. The van der Waals surface area contributed by atoms with E-state index in [1.165, 1.54) is 6.92 Å². The second kappa shape index (κ2) is 7.44. The van der Waals surface area contributed by atoms with Gasteiger partial charge in [-0.1, -0.05) is 0 Å². The lowest BCUT2D eigenvalue weighted by Crippen LogP contribution is -2.25. The zero-order valence-electron chi connectivity index (χ0n) is 10.5. The second-order valence-corrected chi connectivity index (χ2v) is 4.78. The number of aryl methyl sites for hydroxylation is 1. The largest absolute Gasteiger partial charge is 0.458 e. The minimum absolute atomic E-state index is 0.0400. The van der Waals surface area contributed by atoms with Crippen LogP contribution in [0.3, 0.4) is 0 Å². The van der Waals surface area contributed by atoms with Crippen molar-refractivity contribution in [3.8, 4) is 6.07 Å². The Labute approximate surface area is 115 Å². The van der Waals surface area contributed by atoms with Crippen molar-refractivity contribution in [2.24, 2.45) is 5.92 Å². The van der Waals surface area contributed by atoms with Gasteiger partial charge in [0, 0.05) is 12.1 Å². The number of ketones is 1. The standard InChI is InChI=1S/C13H14N2O3S/c1-9(15)11(6-14)12(16)7-18-13(17)3-2-10-4-5-19-8-10/h4-5,8,11,15H,2-3,7H2,1H3. The minimum atomic E-state index is -1.12. The first-order chi connectivity index (χ1) is 9.04. The van der Waals surface area contributed by atoms with Gasteiger partial charge in [-0.05, 0) is 35.7 Å². The van der Waals surface area contributed by atoms with Crippen molar-refractivity contribution >= 4 is 28.8 Å². The van der Waals surface area contributed by atoms with Gasteiger partial charge in [-0.15, -0.1) is 0 Å². The van der Waals surface area contributed by atoms with Crippen molar-refractivity contribution in [2.75, 3.05) is 6.61 Å². The van der Waals surface area contributed by atoms with Crippen molar-refractivity contribution in [1.82, 2.24) is 0 Å². The number of esters is 1. The second-order valence-electron chi connectivity index (χ2n) is 4.00. The molecule has 19 heavy (non-hydrogen) atoms. The molecule has 6 heteroatoms. The number of hydrogen-bond donors (Lipinski definition) is 1. The van der Waals surface area contributed by atoms with E-state index in [9.17, 15) is 9.59 Å². The summed E-state index contributed by atoms with van der Waals surface area (Å²) in [5, 5.41) is 19.8. The van der Waals surface area contributed by atoms with E-state index in [0.29, 0.717) is 6.42 Å². The molecule has 1 rings (SSSR count). The Morgan fingerprint density at radius 3 is 2.84 bits per heavy atom. The van der Waals surface area contributed by atoms with Gasteiger partial charge in [0.15, 0.2) is 12.4 Å². The molecule has 0 bridgehead atoms. The van der Waals surface area contributed by atoms with Crippen molar-refractivity contribution in [1.29, 1.82) is 10.7 Å². The Balaban J connectivity index is 2.32. The molecule has 1 unspecified atom stereocenters.